The standard InChI is InChI=1S/C13H27NO/c1-4-8-14-13(10-15-11(2)3)9-12-6-5-7-12/h11-14H,4-10H2,1-3H3. The third-order valence-corrected chi connectivity index (χ3v) is 3.16. The van der Waals surface area contributed by atoms with Gasteiger partial charge >= 0.3 is 0 Å². The van der Waals surface area contributed by atoms with E-state index in [0.717, 1.165) is 19.1 Å². The van der Waals surface area contributed by atoms with E-state index in [1.54, 1.807) is 0 Å². The summed E-state index contributed by atoms with van der Waals surface area (Å²) in [6, 6.07) is 0.581. The highest BCUT2D eigenvalue weighted by Gasteiger charge is 2.21. The highest BCUT2D eigenvalue weighted by molar-refractivity contribution is 4.77. The third-order valence-electron chi connectivity index (χ3n) is 3.16. The molecule has 0 spiro atoms. The zero-order valence-corrected chi connectivity index (χ0v) is 10.6. The van der Waals surface area contributed by atoms with Crippen LogP contribution >= 0.6 is 0 Å². The lowest BCUT2D eigenvalue weighted by Crippen LogP contribution is -2.37. The number of rotatable bonds is 8. The summed E-state index contributed by atoms with van der Waals surface area (Å²) in [6.45, 7) is 8.45. The second-order valence-electron chi connectivity index (χ2n) is 5.07. The average molecular weight is 213 g/mol. The summed E-state index contributed by atoms with van der Waals surface area (Å²) in [5, 5.41) is 3.60. The smallest absolute Gasteiger partial charge is 0.0623 e. The summed E-state index contributed by atoms with van der Waals surface area (Å²) in [4.78, 5) is 0. The Morgan fingerprint density at radius 2 is 2.07 bits per heavy atom. The molecule has 1 saturated carbocycles. The lowest BCUT2D eigenvalue weighted by Gasteiger charge is -2.30. The van der Waals surface area contributed by atoms with E-state index in [1.165, 1.54) is 32.1 Å². The number of nitrogens with one attached hydrogen (secondary N) is 1. The molecule has 1 fully saturated rings. The van der Waals surface area contributed by atoms with Gasteiger partial charge in [0.05, 0.1) is 12.7 Å². The predicted octanol–water partition coefficient (Wildman–Crippen LogP) is 2.97. The van der Waals surface area contributed by atoms with E-state index in [2.05, 4.69) is 26.1 Å². The summed E-state index contributed by atoms with van der Waals surface area (Å²) < 4.78 is 5.71. The minimum absolute atomic E-state index is 0.359. The van der Waals surface area contributed by atoms with E-state index >= 15 is 0 Å². The van der Waals surface area contributed by atoms with E-state index in [9.17, 15) is 0 Å². The zero-order chi connectivity index (χ0) is 11.1. The number of hydrogen-bond acceptors (Lipinski definition) is 2. The number of ether oxygens (including phenoxy) is 1. The van der Waals surface area contributed by atoms with Gasteiger partial charge in [-0.15, -0.1) is 0 Å². The third kappa shape index (κ3) is 5.53. The first-order valence-corrected chi connectivity index (χ1v) is 6.57. The Balaban J connectivity index is 2.17. The molecule has 0 amide bonds. The molecule has 1 aliphatic rings. The van der Waals surface area contributed by atoms with Crippen LogP contribution in [0.2, 0.25) is 0 Å². The second kappa shape index (κ2) is 7.24. The molecule has 1 unspecified atom stereocenters. The van der Waals surface area contributed by atoms with Gasteiger partial charge < -0.3 is 10.1 Å². The van der Waals surface area contributed by atoms with Gasteiger partial charge in [-0.25, -0.2) is 0 Å². The predicted molar refractivity (Wildman–Crippen MR) is 65.1 cm³/mol. The molecule has 1 N–H and O–H groups in total. The quantitative estimate of drug-likeness (QED) is 0.669. The molecule has 2 nitrogen and oxygen atoms in total. The molecule has 1 aliphatic carbocycles. The van der Waals surface area contributed by atoms with Crippen molar-refractivity contribution in [2.45, 2.75) is 65.0 Å². The van der Waals surface area contributed by atoms with Gasteiger partial charge in [0, 0.05) is 6.04 Å². The number of hydrogen-bond donors (Lipinski definition) is 1. The summed E-state index contributed by atoms with van der Waals surface area (Å²) in [6.07, 6.45) is 7.20. The highest BCUT2D eigenvalue weighted by Crippen LogP contribution is 2.30. The molecule has 0 aromatic carbocycles. The Hall–Kier alpha value is -0.0800. The molecule has 0 bridgehead atoms. The van der Waals surface area contributed by atoms with Gasteiger partial charge in [-0.1, -0.05) is 26.2 Å². The normalized spacial score (nSPS) is 19.2. The summed E-state index contributed by atoms with van der Waals surface area (Å²) in [7, 11) is 0. The van der Waals surface area contributed by atoms with E-state index in [1.807, 2.05) is 0 Å². The monoisotopic (exact) mass is 213 g/mol. The Bertz CT molecular complexity index is 155. The minimum Gasteiger partial charge on any atom is -0.377 e. The van der Waals surface area contributed by atoms with Crippen molar-refractivity contribution in [1.29, 1.82) is 0 Å². The van der Waals surface area contributed by atoms with Crippen molar-refractivity contribution in [2.24, 2.45) is 5.92 Å². The Labute approximate surface area is 94.8 Å². The first-order chi connectivity index (χ1) is 7.22. The Kier molecular flexibility index (Phi) is 6.26. The van der Waals surface area contributed by atoms with Crippen LogP contribution in [0.15, 0.2) is 0 Å². The van der Waals surface area contributed by atoms with Crippen LogP contribution < -0.4 is 5.32 Å². The van der Waals surface area contributed by atoms with Gasteiger partial charge in [0.25, 0.3) is 0 Å². The van der Waals surface area contributed by atoms with Crippen molar-refractivity contribution in [2.75, 3.05) is 13.2 Å². The second-order valence-corrected chi connectivity index (χ2v) is 5.07. The maximum atomic E-state index is 5.71. The van der Waals surface area contributed by atoms with Crippen molar-refractivity contribution in [1.82, 2.24) is 5.32 Å². The van der Waals surface area contributed by atoms with Gasteiger partial charge in [0.1, 0.15) is 0 Å². The van der Waals surface area contributed by atoms with Crippen LogP contribution in [0.1, 0.15) is 52.9 Å². The maximum absolute atomic E-state index is 5.71. The van der Waals surface area contributed by atoms with E-state index < -0.39 is 0 Å². The first kappa shape index (κ1) is 13.0. The largest absolute Gasteiger partial charge is 0.377 e. The topological polar surface area (TPSA) is 21.3 Å². The van der Waals surface area contributed by atoms with Crippen LogP contribution in [0.3, 0.4) is 0 Å². The molecular formula is C13H27NO. The fourth-order valence-corrected chi connectivity index (χ4v) is 2.00. The molecule has 2 heteroatoms. The van der Waals surface area contributed by atoms with Crippen molar-refractivity contribution < 1.29 is 4.74 Å². The van der Waals surface area contributed by atoms with Crippen LogP contribution in [-0.2, 0) is 4.74 Å². The van der Waals surface area contributed by atoms with E-state index in [0.29, 0.717) is 12.1 Å². The van der Waals surface area contributed by atoms with Crippen LogP contribution in [-0.4, -0.2) is 25.3 Å². The first-order valence-electron chi connectivity index (χ1n) is 6.57. The Morgan fingerprint density at radius 3 is 2.53 bits per heavy atom. The van der Waals surface area contributed by atoms with Gasteiger partial charge in [-0.3, -0.25) is 0 Å². The van der Waals surface area contributed by atoms with Crippen molar-refractivity contribution in [3.8, 4) is 0 Å². The van der Waals surface area contributed by atoms with Crippen molar-refractivity contribution in [3.63, 3.8) is 0 Å². The van der Waals surface area contributed by atoms with Crippen molar-refractivity contribution >= 4 is 0 Å². The molecule has 15 heavy (non-hydrogen) atoms. The van der Waals surface area contributed by atoms with Crippen LogP contribution in [0.4, 0.5) is 0 Å². The molecular weight excluding hydrogens is 186 g/mol. The minimum atomic E-state index is 0.359. The van der Waals surface area contributed by atoms with E-state index in [-0.39, 0.29) is 0 Å². The SMILES string of the molecule is CCCNC(COC(C)C)CC1CCC1. The highest BCUT2D eigenvalue weighted by atomic mass is 16.5. The molecule has 0 aromatic rings. The van der Waals surface area contributed by atoms with Gasteiger partial charge in [-0.05, 0) is 39.2 Å². The summed E-state index contributed by atoms with van der Waals surface area (Å²) in [5.74, 6) is 0.968. The molecule has 0 aromatic heterocycles. The van der Waals surface area contributed by atoms with E-state index in [4.69, 9.17) is 4.74 Å². The maximum Gasteiger partial charge on any atom is 0.0623 e. The molecule has 90 valence electrons. The lowest BCUT2D eigenvalue weighted by molar-refractivity contribution is 0.0524. The molecule has 0 saturated heterocycles. The Morgan fingerprint density at radius 1 is 1.33 bits per heavy atom. The fourth-order valence-electron chi connectivity index (χ4n) is 2.00. The molecule has 1 rings (SSSR count). The van der Waals surface area contributed by atoms with Crippen LogP contribution in [0.5, 0.6) is 0 Å². The van der Waals surface area contributed by atoms with Crippen LogP contribution in [0, 0.1) is 5.92 Å². The molecule has 0 aliphatic heterocycles. The summed E-state index contributed by atoms with van der Waals surface area (Å²) in [5.41, 5.74) is 0. The molecule has 0 radical (unpaired) electrons. The molecule has 0 heterocycles. The van der Waals surface area contributed by atoms with Crippen LogP contribution in [0.25, 0.3) is 0 Å². The zero-order valence-electron chi connectivity index (χ0n) is 10.6. The molecule has 1 atom stereocenters. The fraction of sp³-hybridized carbons (Fsp3) is 1.00. The van der Waals surface area contributed by atoms with Gasteiger partial charge in [0.15, 0.2) is 0 Å². The lowest BCUT2D eigenvalue weighted by atomic mass is 9.81. The average Bonchev–Trinajstić information content (AvgIpc) is 2.13. The van der Waals surface area contributed by atoms with Crippen molar-refractivity contribution in [3.05, 3.63) is 0 Å². The van der Waals surface area contributed by atoms with Gasteiger partial charge in [-0.2, -0.15) is 0 Å². The van der Waals surface area contributed by atoms with Gasteiger partial charge in [0.2, 0.25) is 0 Å². The summed E-state index contributed by atoms with van der Waals surface area (Å²) >= 11 is 0.